The lowest BCUT2D eigenvalue weighted by molar-refractivity contribution is -0.169. The van der Waals surface area contributed by atoms with E-state index >= 15 is 0 Å². The Labute approximate surface area is 175 Å². The van der Waals surface area contributed by atoms with Gasteiger partial charge in [-0.15, -0.1) is 0 Å². The largest absolute Gasteiger partial charge is 0.275 e. The minimum atomic E-state index is -0.722. The topological polar surface area (TPSA) is 29.5 Å². The molecule has 0 unspecified atom stereocenters. The summed E-state index contributed by atoms with van der Waals surface area (Å²) < 4.78 is 0. The molecule has 3 aromatic rings. The van der Waals surface area contributed by atoms with Crippen LogP contribution in [0.4, 0.5) is 0 Å². The van der Waals surface area contributed by atoms with Crippen molar-refractivity contribution < 1.29 is 9.63 Å². The molecule has 0 aliphatic carbocycles. The van der Waals surface area contributed by atoms with Crippen LogP contribution < -0.4 is 0 Å². The summed E-state index contributed by atoms with van der Waals surface area (Å²) >= 11 is 12.3. The molecule has 0 aliphatic heterocycles. The first kappa shape index (κ1) is 20.4. The second-order valence-electron chi connectivity index (χ2n) is 6.54. The maximum atomic E-state index is 13.0. The maximum absolute atomic E-state index is 13.0. The lowest BCUT2D eigenvalue weighted by Crippen LogP contribution is -2.37. The number of rotatable bonds is 6. The zero-order chi connectivity index (χ0) is 20.1. The van der Waals surface area contributed by atoms with Crippen molar-refractivity contribution in [2.24, 2.45) is 0 Å². The second-order valence-corrected chi connectivity index (χ2v) is 7.41. The SMILES string of the molecule is CON(C)C(=O)CC(c1ccccc1)(c1ccc(Cl)cc1)c1ccc(Cl)cc1. The number of nitrogens with zero attached hydrogens (tertiary/aromatic N) is 1. The van der Waals surface area contributed by atoms with Crippen LogP contribution in [0.1, 0.15) is 23.1 Å². The normalized spacial score (nSPS) is 11.3. The smallest absolute Gasteiger partial charge is 0.247 e. The minimum absolute atomic E-state index is 0.142. The van der Waals surface area contributed by atoms with Crippen molar-refractivity contribution in [2.45, 2.75) is 11.8 Å². The molecule has 0 spiro atoms. The van der Waals surface area contributed by atoms with E-state index in [0.717, 1.165) is 16.7 Å². The average Bonchev–Trinajstić information content (AvgIpc) is 2.73. The highest BCUT2D eigenvalue weighted by Crippen LogP contribution is 2.43. The van der Waals surface area contributed by atoms with Crippen LogP contribution in [0.3, 0.4) is 0 Å². The number of hydrogen-bond acceptors (Lipinski definition) is 2. The van der Waals surface area contributed by atoms with E-state index in [1.807, 2.05) is 78.9 Å². The highest BCUT2D eigenvalue weighted by Gasteiger charge is 2.39. The van der Waals surface area contributed by atoms with Gasteiger partial charge in [0.2, 0.25) is 5.91 Å². The van der Waals surface area contributed by atoms with Gasteiger partial charge >= 0.3 is 0 Å². The number of halogens is 2. The summed E-state index contributed by atoms with van der Waals surface area (Å²) in [5.41, 5.74) is 2.20. The van der Waals surface area contributed by atoms with E-state index in [0.29, 0.717) is 10.0 Å². The summed E-state index contributed by atoms with van der Waals surface area (Å²) in [6.07, 6.45) is 0.185. The van der Waals surface area contributed by atoms with Gasteiger partial charge in [-0.2, -0.15) is 0 Å². The van der Waals surface area contributed by atoms with Crippen molar-refractivity contribution in [1.82, 2.24) is 5.06 Å². The molecule has 0 aliphatic rings. The van der Waals surface area contributed by atoms with Gasteiger partial charge in [-0.3, -0.25) is 9.63 Å². The van der Waals surface area contributed by atoms with Crippen LogP contribution in [0.2, 0.25) is 10.0 Å². The number of benzene rings is 3. The van der Waals surface area contributed by atoms with Crippen molar-refractivity contribution in [3.8, 4) is 0 Å². The first-order valence-electron chi connectivity index (χ1n) is 8.85. The quantitative estimate of drug-likeness (QED) is 0.380. The van der Waals surface area contributed by atoms with Crippen LogP contribution in [0.5, 0.6) is 0 Å². The first-order chi connectivity index (χ1) is 13.5. The number of carbonyl (C=O) groups excluding carboxylic acids is 1. The summed E-state index contributed by atoms with van der Waals surface area (Å²) in [6, 6.07) is 25.2. The third kappa shape index (κ3) is 4.07. The Balaban J connectivity index is 2.29. The molecule has 144 valence electrons. The monoisotopic (exact) mass is 413 g/mol. The fourth-order valence-electron chi connectivity index (χ4n) is 3.44. The zero-order valence-electron chi connectivity index (χ0n) is 15.7. The molecular formula is C23H21Cl2NO2. The maximum Gasteiger partial charge on any atom is 0.247 e. The molecule has 0 aromatic heterocycles. The van der Waals surface area contributed by atoms with E-state index in [9.17, 15) is 4.79 Å². The first-order valence-corrected chi connectivity index (χ1v) is 9.61. The van der Waals surface area contributed by atoms with Gasteiger partial charge in [0, 0.05) is 23.5 Å². The van der Waals surface area contributed by atoms with Crippen LogP contribution in [0.15, 0.2) is 78.9 Å². The lowest BCUT2D eigenvalue weighted by Gasteiger charge is -2.36. The van der Waals surface area contributed by atoms with Gasteiger partial charge in [-0.05, 0) is 41.0 Å². The molecule has 0 saturated carbocycles. The van der Waals surface area contributed by atoms with Gasteiger partial charge in [0.15, 0.2) is 0 Å². The molecule has 3 aromatic carbocycles. The van der Waals surface area contributed by atoms with E-state index in [2.05, 4.69) is 0 Å². The van der Waals surface area contributed by atoms with Crippen LogP contribution in [0, 0.1) is 0 Å². The molecule has 0 atom stereocenters. The van der Waals surface area contributed by atoms with Crippen molar-refractivity contribution in [2.75, 3.05) is 14.2 Å². The molecule has 0 saturated heterocycles. The highest BCUT2D eigenvalue weighted by molar-refractivity contribution is 6.30. The molecule has 28 heavy (non-hydrogen) atoms. The van der Waals surface area contributed by atoms with Crippen molar-refractivity contribution in [1.29, 1.82) is 0 Å². The van der Waals surface area contributed by atoms with Gasteiger partial charge in [0.1, 0.15) is 0 Å². The Hall–Kier alpha value is -2.33. The van der Waals surface area contributed by atoms with Gasteiger partial charge in [-0.1, -0.05) is 77.8 Å². The third-order valence-electron chi connectivity index (χ3n) is 4.98. The molecule has 1 amide bonds. The summed E-state index contributed by atoms with van der Waals surface area (Å²) in [5, 5.41) is 2.54. The number of amides is 1. The standard InChI is InChI=1S/C23H21Cl2NO2/c1-26(28-2)22(27)16-23(17-6-4-3-5-7-17,18-8-12-20(24)13-9-18)19-10-14-21(25)15-11-19/h3-15H,16H2,1-2H3. The Morgan fingerprint density at radius 2 is 1.25 bits per heavy atom. The van der Waals surface area contributed by atoms with Crippen molar-refractivity contribution >= 4 is 29.1 Å². The predicted molar refractivity (Wildman–Crippen MR) is 114 cm³/mol. The van der Waals surface area contributed by atoms with Crippen LogP contribution in [-0.2, 0) is 15.0 Å². The summed E-state index contributed by atoms with van der Waals surface area (Å²) in [4.78, 5) is 18.1. The van der Waals surface area contributed by atoms with Crippen LogP contribution >= 0.6 is 23.2 Å². The molecule has 0 N–H and O–H groups in total. The molecule has 0 heterocycles. The van der Waals surface area contributed by atoms with E-state index < -0.39 is 5.41 Å². The third-order valence-corrected chi connectivity index (χ3v) is 5.49. The highest BCUT2D eigenvalue weighted by atomic mass is 35.5. The van der Waals surface area contributed by atoms with Gasteiger partial charge in [-0.25, -0.2) is 5.06 Å². The van der Waals surface area contributed by atoms with E-state index in [1.54, 1.807) is 7.05 Å². The van der Waals surface area contributed by atoms with Gasteiger partial charge in [0.05, 0.1) is 12.5 Å². The van der Waals surface area contributed by atoms with Crippen molar-refractivity contribution in [3.63, 3.8) is 0 Å². The predicted octanol–water partition coefficient (Wildman–Crippen LogP) is 5.74. The molecule has 0 radical (unpaired) electrons. The van der Waals surface area contributed by atoms with E-state index in [-0.39, 0.29) is 12.3 Å². The van der Waals surface area contributed by atoms with Gasteiger partial charge < -0.3 is 0 Å². The summed E-state index contributed by atoms with van der Waals surface area (Å²) in [6.45, 7) is 0. The molecule has 0 fully saturated rings. The zero-order valence-corrected chi connectivity index (χ0v) is 17.2. The Bertz CT molecular complexity index is 880. The molecule has 3 rings (SSSR count). The Morgan fingerprint density at radius 3 is 1.68 bits per heavy atom. The van der Waals surface area contributed by atoms with Gasteiger partial charge in [0.25, 0.3) is 0 Å². The van der Waals surface area contributed by atoms with E-state index in [1.165, 1.54) is 12.2 Å². The number of hydrogen-bond donors (Lipinski definition) is 0. The average molecular weight is 414 g/mol. The van der Waals surface area contributed by atoms with Crippen LogP contribution in [-0.4, -0.2) is 25.1 Å². The summed E-state index contributed by atoms with van der Waals surface area (Å²) in [5.74, 6) is -0.142. The molecule has 3 nitrogen and oxygen atoms in total. The Kier molecular flexibility index (Phi) is 6.40. The molecule has 5 heteroatoms. The number of carbonyl (C=O) groups is 1. The van der Waals surface area contributed by atoms with E-state index in [4.69, 9.17) is 28.0 Å². The lowest BCUT2D eigenvalue weighted by atomic mass is 9.67. The minimum Gasteiger partial charge on any atom is -0.275 e. The number of hydroxylamine groups is 2. The van der Waals surface area contributed by atoms with Crippen LogP contribution in [0.25, 0.3) is 0 Å². The van der Waals surface area contributed by atoms with Crippen molar-refractivity contribution in [3.05, 3.63) is 106 Å². The fourth-order valence-corrected chi connectivity index (χ4v) is 3.69. The Morgan fingerprint density at radius 1 is 0.821 bits per heavy atom. The molecular weight excluding hydrogens is 393 g/mol. The summed E-state index contributed by atoms with van der Waals surface area (Å²) in [7, 11) is 3.09. The second kappa shape index (κ2) is 8.78. The molecule has 0 bridgehead atoms. The fraction of sp³-hybridized carbons (Fsp3) is 0.174.